The average Bonchev–Trinajstić information content (AvgIpc) is 3.01. The minimum atomic E-state index is -0.414. The molecule has 2 aromatic heterocycles. The van der Waals surface area contributed by atoms with E-state index in [0.29, 0.717) is 26.6 Å². The van der Waals surface area contributed by atoms with Gasteiger partial charge >= 0.3 is 5.97 Å². The van der Waals surface area contributed by atoms with Gasteiger partial charge in [-0.2, -0.15) is 0 Å². The predicted octanol–water partition coefficient (Wildman–Crippen LogP) is 4.00. The molecule has 0 aliphatic rings. The number of hydrogen-bond donors (Lipinski definition) is 1. The van der Waals surface area contributed by atoms with E-state index in [1.165, 1.54) is 43.9 Å². The van der Waals surface area contributed by atoms with Gasteiger partial charge in [-0.1, -0.05) is 12.1 Å². The second-order valence-corrected chi connectivity index (χ2v) is 6.75. The average molecular weight is 383 g/mol. The number of esters is 1. The maximum atomic E-state index is 12.5. The number of hydrogen-bond acceptors (Lipinski definition) is 7. The van der Waals surface area contributed by atoms with Gasteiger partial charge in [0.25, 0.3) is 0 Å². The molecule has 0 saturated heterocycles. The van der Waals surface area contributed by atoms with E-state index in [1.54, 1.807) is 31.2 Å². The molecule has 7 heteroatoms. The van der Waals surface area contributed by atoms with E-state index in [4.69, 9.17) is 9.47 Å². The molecule has 6 nitrogen and oxygen atoms in total. The Balaban J connectivity index is 1.88. The molecule has 0 amide bonds. The zero-order valence-corrected chi connectivity index (χ0v) is 15.8. The summed E-state index contributed by atoms with van der Waals surface area (Å²) in [6.45, 7) is 1.80. The third-order valence-corrected chi connectivity index (χ3v) is 5.28. The first kappa shape index (κ1) is 18.6. The molecule has 0 aliphatic carbocycles. The number of rotatable bonds is 5. The van der Waals surface area contributed by atoms with Gasteiger partial charge in [-0.15, -0.1) is 11.3 Å². The zero-order chi connectivity index (χ0) is 19.6. The Labute approximate surface area is 159 Å². The van der Waals surface area contributed by atoms with Gasteiger partial charge < -0.3 is 14.6 Å². The number of pyridine rings is 1. The number of carbonyl (C=O) groups excluding carboxylic acids is 2. The zero-order valence-electron chi connectivity index (χ0n) is 15.0. The molecule has 0 bridgehead atoms. The third-order valence-electron chi connectivity index (χ3n) is 4.08. The number of nitrogens with zero attached hydrogens (tertiary/aromatic N) is 1. The highest BCUT2D eigenvalue weighted by Crippen LogP contribution is 2.31. The lowest BCUT2D eigenvalue weighted by molar-refractivity contribution is 0.0605. The van der Waals surface area contributed by atoms with Crippen LogP contribution in [-0.4, -0.2) is 36.1 Å². The summed E-state index contributed by atoms with van der Waals surface area (Å²) in [5, 5.41) is 10.6. The summed E-state index contributed by atoms with van der Waals surface area (Å²) in [6.07, 6.45) is 4.50. The van der Waals surface area contributed by atoms with Gasteiger partial charge in [-0.25, -0.2) is 9.78 Å². The van der Waals surface area contributed by atoms with Crippen LogP contribution in [0.4, 0.5) is 0 Å². The quantitative estimate of drug-likeness (QED) is 0.407. The Bertz CT molecular complexity index is 1070. The fraction of sp³-hybridized carbons (Fsp3) is 0.150. The van der Waals surface area contributed by atoms with E-state index in [-0.39, 0.29) is 11.5 Å². The summed E-state index contributed by atoms with van der Waals surface area (Å²) < 4.78 is 9.77. The third kappa shape index (κ3) is 3.68. The molecule has 0 saturated carbocycles. The van der Waals surface area contributed by atoms with Crippen LogP contribution in [0.25, 0.3) is 16.3 Å². The van der Waals surface area contributed by atoms with Crippen molar-refractivity contribution in [1.82, 2.24) is 4.98 Å². The van der Waals surface area contributed by atoms with Crippen LogP contribution in [0, 0.1) is 6.92 Å². The van der Waals surface area contributed by atoms with E-state index >= 15 is 0 Å². The number of aryl methyl sites for hydroxylation is 1. The Kier molecular flexibility index (Phi) is 5.23. The summed E-state index contributed by atoms with van der Waals surface area (Å²) in [4.78, 5) is 29.7. The van der Waals surface area contributed by atoms with Gasteiger partial charge in [0.2, 0.25) is 0 Å². The predicted molar refractivity (Wildman–Crippen MR) is 104 cm³/mol. The van der Waals surface area contributed by atoms with Crippen LogP contribution >= 0.6 is 11.3 Å². The van der Waals surface area contributed by atoms with Gasteiger partial charge in [-0.3, -0.25) is 4.79 Å². The van der Waals surface area contributed by atoms with E-state index in [2.05, 4.69) is 4.98 Å². The number of phenols is 1. The van der Waals surface area contributed by atoms with Crippen molar-refractivity contribution >= 4 is 39.4 Å². The second-order valence-electron chi connectivity index (χ2n) is 5.75. The second kappa shape index (κ2) is 7.59. The molecule has 138 valence electrons. The van der Waals surface area contributed by atoms with Gasteiger partial charge in [0, 0.05) is 17.1 Å². The number of allylic oxidation sites excluding steroid dienone is 1. The number of methoxy groups -OCH3 is 2. The molecule has 0 fully saturated rings. The van der Waals surface area contributed by atoms with Crippen molar-refractivity contribution < 1.29 is 24.2 Å². The summed E-state index contributed by atoms with van der Waals surface area (Å²) in [5.41, 5.74) is 1.82. The van der Waals surface area contributed by atoms with Crippen LogP contribution in [0.3, 0.4) is 0 Å². The minimum absolute atomic E-state index is 0.000534. The molecule has 0 unspecified atom stereocenters. The molecule has 0 radical (unpaired) electrons. The first-order chi connectivity index (χ1) is 12.9. The summed E-state index contributed by atoms with van der Waals surface area (Å²) in [5.74, 6) is -0.283. The van der Waals surface area contributed by atoms with Crippen LogP contribution < -0.4 is 4.74 Å². The number of ketones is 1. The number of fused-ring (bicyclic) bond motifs is 1. The molecule has 1 aromatic carbocycles. The molecule has 27 heavy (non-hydrogen) atoms. The van der Waals surface area contributed by atoms with Crippen molar-refractivity contribution in [3.8, 4) is 11.5 Å². The molecule has 3 aromatic rings. The number of carbonyl (C=O) groups is 2. The largest absolute Gasteiger partial charge is 0.504 e. The van der Waals surface area contributed by atoms with Crippen molar-refractivity contribution in [3.05, 3.63) is 58.1 Å². The van der Waals surface area contributed by atoms with Crippen LogP contribution in [0.2, 0.25) is 0 Å². The molecule has 2 heterocycles. The molecule has 0 aliphatic heterocycles. The molecule has 0 spiro atoms. The first-order valence-corrected chi connectivity index (χ1v) is 8.83. The SMILES string of the molecule is COC(=O)c1sc2ncc(C(=O)/C=C/c3ccc(OC)c(O)c3)cc2c1C. The molecule has 1 N–H and O–H groups in total. The number of benzene rings is 1. The van der Waals surface area contributed by atoms with Crippen molar-refractivity contribution in [1.29, 1.82) is 0 Å². The molecule has 3 rings (SSSR count). The van der Waals surface area contributed by atoms with E-state index in [0.717, 1.165) is 10.9 Å². The van der Waals surface area contributed by atoms with Crippen LogP contribution in [-0.2, 0) is 4.74 Å². The molecule has 0 atom stereocenters. The van der Waals surface area contributed by atoms with Gasteiger partial charge in [0.05, 0.1) is 14.2 Å². The fourth-order valence-corrected chi connectivity index (χ4v) is 3.65. The van der Waals surface area contributed by atoms with Crippen molar-refractivity contribution in [2.24, 2.45) is 0 Å². The Morgan fingerprint density at radius 2 is 2.00 bits per heavy atom. The highest BCUT2D eigenvalue weighted by atomic mass is 32.1. The van der Waals surface area contributed by atoms with Crippen LogP contribution in [0.5, 0.6) is 11.5 Å². The van der Waals surface area contributed by atoms with E-state index in [1.807, 2.05) is 0 Å². The van der Waals surface area contributed by atoms with E-state index in [9.17, 15) is 14.7 Å². The summed E-state index contributed by atoms with van der Waals surface area (Å²) in [6, 6.07) is 6.58. The van der Waals surface area contributed by atoms with E-state index < -0.39 is 5.97 Å². The Morgan fingerprint density at radius 3 is 2.67 bits per heavy atom. The number of ether oxygens (including phenoxy) is 2. The lowest BCUT2D eigenvalue weighted by Crippen LogP contribution is -1.99. The first-order valence-electron chi connectivity index (χ1n) is 8.01. The lowest BCUT2D eigenvalue weighted by atomic mass is 10.1. The highest BCUT2D eigenvalue weighted by molar-refractivity contribution is 7.20. The minimum Gasteiger partial charge on any atom is -0.504 e. The van der Waals surface area contributed by atoms with Crippen molar-refractivity contribution in [2.75, 3.05) is 14.2 Å². The lowest BCUT2D eigenvalue weighted by Gasteiger charge is -2.03. The Hall–Kier alpha value is -3.19. The standard InChI is InChI=1S/C20H17NO5S/c1-11-14-9-13(10-21-19(14)27-18(11)20(24)26-3)15(22)6-4-12-5-7-17(25-2)16(23)8-12/h4-10,23H,1-3H3/b6-4+. The topological polar surface area (TPSA) is 85.7 Å². The van der Waals surface area contributed by atoms with Crippen LogP contribution in [0.1, 0.15) is 31.2 Å². The number of aromatic hydroxyl groups is 1. The molecular formula is C20H17NO5S. The summed E-state index contributed by atoms with van der Waals surface area (Å²) in [7, 11) is 2.80. The van der Waals surface area contributed by atoms with Crippen molar-refractivity contribution in [2.45, 2.75) is 6.92 Å². The smallest absolute Gasteiger partial charge is 0.348 e. The fourth-order valence-electron chi connectivity index (χ4n) is 2.60. The maximum Gasteiger partial charge on any atom is 0.348 e. The summed E-state index contributed by atoms with van der Waals surface area (Å²) >= 11 is 1.24. The normalized spacial score (nSPS) is 11.1. The number of thiophene rings is 1. The maximum absolute atomic E-state index is 12.5. The highest BCUT2D eigenvalue weighted by Gasteiger charge is 2.17. The molecular weight excluding hydrogens is 366 g/mol. The number of phenolic OH excluding ortho intramolecular Hbond substituents is 1. The number of aromatic nitrogens is 1. The monoisotopic (exact) mass is 383 g/mol. The Morgan fingerprint density at radius 1 is 1.22 bits per heavy atom. The van der Waals surface area contributed by atoms with Gasteiger partial charge in [-0.05, 0) is 42.3 Å². The van der Waals surface area contributed by atoms with Crippen LogP contribution in [0.15, 0.2) is 36.5 Å². The van der Waals surface area contributed by atoms with Gasteiger partial charge in [0.15, 0.2) is 17.3 Å². The van der Waals surface area contributed by atoms with Crippen molar-refractivity contribution in [3.63, 3.8) is 0 Å². The van der Waals surface area contributed by atoms with Gasteiger partial charge in [0.1, 0.15) is 9.71 Å².